The number of nitrogens with one attached hydrogen (secondary N) is 1. The second-order valence-corrected chi connectivity index (χ2v) is 4.50. The number of aliphatic carboxylic acids is 1. The normalized spacial score (nSPS) is 12.4. The molecule has 18 heavy (non-hydrogen) atoms. The predicted octanol–water partition coefficient (Wildman–Crippen LogP) is 1.68. The molecule has 0 aliphatic rings. The van der Waals surface area contributed by atoms with Crippen molar-refractivity contribution in [1.82, 2.24) is 10.3 Å². The van der Waals surface area contributed by atoms with Gasteiger partial charge in [-0.1, -0.05) is 13.0 Å². The van der Waals surface area contributed by atoms with Gasteiger partial charge < -0.3 is 15.2 Å². The largest absolute Gasteiger partial charge is 0.481 e. The van der Waals surface area contributed by atoms with Crippen molar-refractivity contribution < 1.29 is 14.6 Å². The molecule has 100 valence electrons. The first-order valence-electron chi connectivity index (χ1n) is 6.04. The number of hydrogen-bond donors (Lipinski definition) is 2. The highest BCUT2D eigenvalue weighted by Gasteiger charge is 2.11. The van der Waals surface area contributed by atoms with Crippen LogP contribution in [-0.4, -0.2) is 28.7 Å². The summed E-state index contributed by atoms with van der Waals surface area (Å²) in [6, 6.07) is 3.76. The first-order valence-corrected chi connectivity index (χ1v) is 6.04. The first kappa shape index (κ1) is 14.4. The Morgan fingerprint density at radius 2 is 2.22 bits per heavy atom. The second kappa shape index (κ2) is 6.96. The summed E-state index contributed by atoms with van der Waals surface area (Å²) < 4.78 is 5.58. The van der Waals surface area contributed by atoms with E-state index in [2.05, 4.69) is 10.3 Å². The van der Waals surface area contributed by atoms with Crippen molar-refractivity contribution in [2.24, 2.45) is 5.92 Å². The van der Waals surface area contributed by atoms with Crippen molar-refractivity contribution in [3.63, 3.8) is 0 Å². The molecule has 1 aromatic rings. The van der Waals surface area contributed by atoms with Crippen LogP contribution < -0.4 is 10.1 Å². The molecule has 5 nitrogen and oxygen atoms in total. The van der Waals surface area contributed by atoms with E-state index in [0.717, 1.165) is 5.56 Å². The molecule has 1 aromatic heterocycles. The third kappa shape index (κ3) is 4.71. The standard InChI is InChI=1S/C13H20N2O3/c1-9(2)18-12-11(5-4-6-15-12)8-14-7-10(3)13(16)17/h4-6,9-10,14H,7-8H2,1-3H3,(H,16,17). The van der Waals surface area contributed by atoms with Crippen LogP contribution in [0.15, 0.2) is 18.3 Å². The number of carboxylic acids is 1. The van der Waals surface area contributed by atoms with Crippen LogP contribution in [0.1, 0.15) is 26.3 Å². The monoisotopic (exact) mass is 252 g/mol. The predicted molar refractivity (Wildman–Crippen MR) is 68.5 cm³/mol. The Hall–Kier alpha value is -1.62. The second-order valence-electron chi connectivity index (χ2n) is 4.50. The third-order valence-corrected chi connectivity index (χ3v) is 2.38. The molecule has 0 spiro atoms. The zero-order valence-corrected chi connectivity index (χ0v) is 11.0. The maximum Gasteiger partial charge on any atom is 0.307 e. The molecular weight excluding hydrogens is 232 g/mol. The summed E-state index contributed by atoms with van der Waals surface area (Å²) in [6.45, 7) is 6.53. The Morgan fingerprint density at radius 3 is 2.83 bits per heavy atom. The molecule has 1 unspecified atom stereocenters. The fourth-order valence-corrected chi connectivity index (χ4v) is 1.40. The number of hydrogen-bond acceptors (Lipinski definition) is 4. The summed E-state index contributed by atoms with van der Waals surface area (Å²) in [6.07, 6.45) is 1.75. The molecule has 0 aromatic carbocycles. The van der Waals surface area contributed by atoms with Crippen molar-refractivity contribution in [1.29, 1.82) is 0 Å². The van der Waals surface area contributed by atoms with E-state index in [1.54, 1.807) is 13.1 Å². The average molecular weight is 252 g/mol. The van der Waals surface area contributed by atoms with Gasteiger partial charge in [0, 0.05) is 24.8 Å². The number of rotatable bonds is 7. The van der Waals surface area contributed by atoms with Crippen molar-refractivity contribution in [3.05, 3.63) is 23.9 Å². The summed E-state index contributed by atoms with van der Waals surface area (Å²) in [4.78, 5) is 14.9. The van der Waals surface area contributed by atoms with Crippen LogP contribution in [0, 0.1) is 5.92 Å². The molecule has 1 heterocycles. The summed E-state index contributed by atoms with van der Waals surface area (Å²) in [7, 11) is 0. The van der Waals surface area contributed by atoms with Crippen molar-refractivity contribution in [3.8, 4) is 5.88 Å². The van der Waals surface area contributed by atoms with E-state index in [-0.39, 0.29) is 6.10 Å². The van der Waals surface area contributed by atoms with Crippen molar-refractivity contribution in [2.75, 3.05) is 6.54 Å². The van der Waals surface area contributed by atoms with Crippen LogP contribution in [0.3, 0.4) is 0 Å². The maximum absolute atomic E-state index is 10.7. The minimum absolute atomic E-state index is 0.0663. The van der Waals surface area contributed by atoms with Gasteiger partial charge in [-0.15, -0.1) is 0 Å². The van der Waals surface area contributed by atoms with E-state index in [1.165, 1.54) is 0 Å². The number of carbonyl (C=O) groups is 1. The van der Waals surface area contributed by atoms with Crippen LogP contribution in [-0.2, 0) is 11.3 Å². The van der Waals surface area contributed by atoms with Crippen LogP contribution in [0.4, 0.5) is 0 Å². The van der Waals surface area contributed by atoms with E-state index >= 15 is 0 Å². The molecule has 1 atom stereocenters. The van der Waals surface area contributed by atoms with E-state index in [9.17, 15) is 4.79 Å². The number of nitrogens with zero attached hydrogens (tertiary/aromatic N) is 1. The molecular formula is C13H20N2O3. The molecule has 0 aliphatic heterocycles. The number of aromatic nitrogens is 1. The molecule has 1 rings (SSSR count). The lowest BCUT2D eigenvalue weighted by molar-refractivity contribution is -0.140. The highest BCUT2D eigenvalue weighted by molar-refractivity contribution is 5.69. The van der Waals surface area contributed by atoms with Gasteiger partial charge in [-0.25, -0.2) is 4.98 Å². The molecule has 0 radical (unpaired) electrons. The molecule has 0 amide bonds. The summed E-state index contributed by atoms with van der Waals surface area (Å²) in [5.41, 5.74) is 0.934. The average Bonchev–Trinajstić information content (AvgIpc) is 2.30. The third-order valence-electron chi connectivity index (χ3n) is 2.38. The van der Waals surface area contributed by atoms with Gasteiger partial charge >= 0.3 is 5.97 Å². The van der Waals surface area contributed by atoms with Gasteiger partial charge in [0.2, 0.25) is 5.88 Å². The van der Waals surface area contributed by atoms with Gasteiger partial charge in [0.05, 0.1) is 12.0 Å². The quantitative estimate of drug-likeness (QED) is 0.772. The van der Waals surface area contributed by atoms with Crippen LogP contribution in [0.25, 0.3) is 0 Å². The summed E-state index contributed by atoms with van der Waals surface area (Å²) >= 11 is 0. The lowest BCUT2D eigenvalue weighted by Crippen LogP contribution is -2.26. The highest BCUT2D eigenvalue weighted by Crippen LogP contribution is 2.15. The Kier molecular flexibility index (Phi) is 5.58. The van der Waals surface area contributed by atoms with E-state index in [4.69, 9.17) is 9.84 Å². The molecule has 5 heteroatoms. The fraction of sp³-hybridized carbons (Fsp3) is 0.538. The lowest BCUT2D eigenvalue weighted by Gasteiger charge is -2.14. The van der Waals surface area contributed by atoms with Gasteiger partial charge in [-0.2, -0.15) is 0 Å². The minimum atomic E-state index is -0.799. The zero-order valence-electron chi connectivity index (χ0n) is 11.0. The smallest absolute Gasteiger partial charge is 0.307 e. The van der Waals surface area contributed by atoms with E-state index in [1.807, 2.05) is 26.0 Å². The van der Waals surface area contributed by atoms with Gasteiger partial charge in [-0.05, 0) is 19.9 Å². The number of carboxylic acid groups (broad SMARTS) is 1. The first-order chi connectivity index (χ1) is 8.50. The lowest BCUT2D eigenvalue weighted by atomic mass is 10.2. The topological polar surface area (TPSA) is 71.5 Å². The van der Waals surface area contributed by atoms with Gasteiger partial charge in [0.1, 0.15) is 0 Å². The Bertz CT molecular complexity index is 394. The molecule has 2 N–H and O–H groups in total. The fourth-order valence-electron chi connectivity index (χ4n) is 1.40. The zero-order chi connectivity index (χ0) is 13.5. The SMILES string of the molecule is CC(C)Oc1ncccc1CNCC(C)C(=O)O. The van der Waals surface area contributed by atoms with E-state index < -0.39 is 11.9 Å². The van der Waals surface area contributed by atoms with E-state index in [0.29, 0.717) is 19.0 Å². The molecule has 0 saturated carbocycles. The van der Waals surface area contributed by atoms with Crippen LogP contribution in [0.5, 0.6) is 5.88 Å². The van der Waals surface area contributed by atoms with Crippen LogP contribution in [0.2, 0.25) is 0 Å². The maximum atomic E-state index is 10.7. The molecule has 0 bridgehead atoms. The van der Waals surface area contributed by atoms with Crippen molar-refractivity contribution in [2.45, 2.75) is 33.4 Å². The minimum Gasteiger partial charge on any atom is -0.481 e. The Morgan fingerprint density at radius 1 is 1.50 bits per heavy atom. The van der Waals surface area contributed by atoms with Crippen LogP contribution >= 0.6 is 0 Å². The summed E-state index contributed by atoms with van der Waals surface area (Å²) in [5, 5.41) is 11.9. The molecule has 0 saturated heterocycles. The van der Waals surface area contributed by atoms with Crippen molar-refractivity contribution >= 4 is 5.97 Å². The van der Waals surface area contributed by atoms with Gasteiger partial charge in [0.25, 0.3) is 0 Å². The Labute approximate surface area is 107 Å². The molecule has 0 fully saturated rings. The van der Waals surface area contributed by atoms with Gasteiger partial charge in [-0.3, -0.25) is 4.79 Å². The highest BCUT2D eigenvalue weighted by atomic mass is 16.5. The number of ether oxygens (including phenoxy) is 1. The Balaban J connectivity index is 2.53. The summed E-state index contributed by atoms with van der Waals surface area (Å²) in [5.74, 6) is -0.605. The van der Waals surface area contributed by atoms with Gasteiger partial charge in [0.15, 0.2) is 0 Å². The molecule has 0 aliphatic carbocycles. The number of pyridine rings is 1.